The van der Waals surface area contributed by atoms with Crippen molar-refractivity contribution in [2.75, 3.05) is 0 Å². The maximum absolute atomic E-state index is 13.5. The lowest BCUT2D eigenvalue weighted by atomic mass is 9.98. The predicted octanol–water partition coefficient (Wildman–Crippen LogP) is 5.67. The van der Waals surface area contributed by atoms with Gasteiger partial charge in [-0.2, -0.15) is 23.4 Å². The fourth-order valence-corrected chi connectivity index (χ4v) is 3.75. The highest BCUT2D eigenvalue weighted by Crippen LogP contribution is 2.38. The van der Waals surface area contributed by atoms with E-state index in [2.05, 4.69) is 33.0 Å². The normalized spacial score (nSPS) is 17.2. The van der Waals surface area contributed by atoms with Gasteiger partial charge in [0.15, 0.2) is 5.82 Å². The Bertz CT molecular complexity index is 1200. The van der Waals surface area contributed by atoms with E-state index >= 15 is 0 Å². The van der Waals surface area contributed by atoms with Crippen molar-refractivity contribution in [3.05, 3.63) is 63.9 Å². The van der Waals surface area contributed by atoms with Crippen LogP contribution in [0.25, 0.3) is 16.5 Å². The summed E-state index contributed by atoms with van der Waals surface area (Å²) in [5, 5.41) is 13.0. The van der Waals surface area contributed by atoms with Crippen LogP contribution in [0.15, 0.2) is 45.6 Å². The van der Waals surface area contributed by atoms with E-state index < -0.39 is 17.3 Å². The molecule has 0 amide bonds. The lowest BCUT2D eigenvalue weighted by Crippen LogP contribution is -2.09. The van der Waals surface area contributed by atoms with Crippen LogP contribution in [0.5, 0.6) is 0 Å². The number of rotatable bonds is 3. The molecule has 4 rings (SSSR count). The van der Waals surface area contributed by atoms with Gasteiger partial charge in [-0.25, -0.2) is 0 Å². The first kappa shape index (κ1) is 19.5. The minimum atomic E-state index is -4.62. The highest BCUT2D eigenvalue weighted by atomic mass is 79.9. The second kappa shape index (κ2) is 7.19. The van der Waals surface area contributed by atoms with Crippen molar-refractivity contribution < 1.29 is 17.7 Å². The van der Waals surface area contributed by atoms with Crippen LogP contribution >= 0.6 is 15.9 Å². The summed E-state index contributed by atoms with van der Waals surface area (Å²) >= 11 is 3.52. The second-order valence-corrected chi connectivity index (χ2v) is 7.73. The highest BCUT2D eigenvalue weighted by molar-refractivity contribution is 9.11. The first-order chi connectivity index (χ1) is 13.8. The van der Waals surface area contributed by atoms with Crippen LogP contribution in [-0.2, 0) is 12.7 Å². The number of nitriles is 1. The number of fused-ring (bicyclic) bond motifs is 1. The number of allylic oxidation sites excluding steroid dienone is 4. The highest BCUT2D eigenvalue weighted by Gasteiger charge is 2.36. The molecular weight excluding hydrogens is 449 g/mol. The van der Waals surface area contributed by atoms with Gasteiger partial charge in [-0.05, 0) is 41.1 Å². The molecule has 0 saturated heterocycles. The van der Waals surface area contributed by atoms with Gasteiger partial charge in [0.25, 0.3) is 5.89 Å². The van der Waals surface area contributed by atoms with Crippen molar-refractivity contribution in [2.24, 2.45) is 5.92 Å². The average Bonchev–Trinajstić information content (AvgIpc) is 3.30. The largest absolute Gasteiger partial charge is 0.418 e. The molecule has 1 aliphatic rings. The number of nitrogens with zero attached hydrogens (tertiary/aromatic N) is 4. The Morgan fingerprint density at radius 1 is 1.34 bits per heavy atom. The number of aromatic nitrogens is 3. The zero-order valence-electron chi connectivity index (χ0n) is 15.2. The molecule has 1 aromatic carbocycles. The third-order valence-corrected chi connectivity index (χ3v) is 5.85. The third kappa shape index (κ3) is 3.60. The second-order valence-electron chi connectivity index (χ2n) is 6.82. The predicted molar refractivity (Wildman–Crippen MR) is 104 cm³/mol. The lowest BCUT2D eigenvalue weighted by Gasteiger charge is -2.13. The van der Waals surface area contributed by atoms with E-state index in [0.717, 1.165) is 16.5 Å². The van der Waals surface area contributed by atoms with E-state index in [1.54, 1.807) is 10.6 Å². The van der Waals surface area contributed by atoms with Crippen LogP contribution in [0.3, 0.4) is 0 Å². The Morgan fingerprint density at radius 2 is 2.14 bits per heavy atom. The Hall–Kier alpha value is -2.86. The Labute approximate surface area is 172 Å². The van der Waals surface area contributed by atoms with Crippen molar-refractivity contribution in [2.45, 2.75) is 26.1 Å². The van der Waals surface area contributed by atoms with Crippen molar-refractivity contribution in [3.8, 4) is 6.07 Å². The standard InChI is InChI=1S/C20H14BrF3N4O/c1-11-2-3-12(8-15(11)21)19-26-17(27-29-19)10-28-7-6-14-16(28)5-4-13(9-25)18(14)20(22,23)24/h3-8,11H,2,10H2,1H3. The molecule has 0 saturated carbocycles. The van der Waals surface area contributed by atoms with Gasteiger partial charge >= 0.3 is 6.18 Å². The minimum Gasteiger partial charge on any atom is -0.340 e. The first-order valence-corrected chi connectivity index (χ1v) is 9.56. The van der Waals surface area contributed by atoms with Crippen LogP contribution in [0.4, 0.5) is 13.2 Å². The summed E-state index contributed by atoms with van der Waals surface area (Å²) in [4.78, 5) is 4.37. The van der Waals surface area contributed by atoms with E-state index in [0.29, 0.717) is 23.1 Å². The molecule has 2 heterocycles. The maximum atomic E-state index is 13.5. The molecule has 0 spiro atoms. The van der Waals surface area contributed by atoms with E-state index in [-0.39, 0.29) is 11.9 Å². The molecule has 29 heavy (non-hydrogen) atoms. The molecule has 0 aliphatic heterocycles. The number of hydrogen-bond acceptors (Lipinski definition) is 4. The Balaban J connectivity index is 1.67. The zero-order chi connectivity index (χ0) is 20.8. The molecular formula is C20H14BrF3N4O. The van der Waals surface area contributed by atoms with Crippen molar-refractivity contribution in [3.63, 3.8) is 0 Å². The molecule has 1 aliphatic carbocycles. The molecule has 5 nitrogen and oxygen atoms in total. The number of benzene rings is 1. The molecule has 0 N–H and O–H groups in total. The Morgan fingerprint density at radius 3 is 2.83 bits per heavy atom. The summed E-state index contributed by atoms with van der Waals surface area (Å²) in [6, 6.07) is 5.64. The summed E-state index contributed by atoms with van der Waals surface area (Å²) < 4.78 is 48.3. The molecule has 1 unspecified atom stereocenters. The lowest BCUT2D eigenvalue weighted by molar-refractivity contribution is -0.136. The summed E-state index contributed by atoms with van der Waals surface area (Å²) in [5.74, 6) is 1.09. The van der Waals surface area contributed by atoms with E-state index in [4.69, 9.17) is 9.78 Å². The number of alkyl halides is 3. The zero-order valence-corrected chi connectivity index (χ0v) is 16.8. The molecule has 148 valence electrons. The first-order valence-electron chi connectivity index (χ1n) is 8.77. The van der Waals surface area contributed by atoms with Gasteiger partial charge in [0.05, 0.1) is 23.7 Å². The Kier molecular flexibility index (Phi) is 4.82. The molecule has 0 fully saturated rings. The average molecular weight is 463 g/mol. The molecule has 2 aromatic heterocycles. The van der Waals surface area contributed by atoms with Gasteiger partial charge in [-0.15, -0.1) is 0 Å². The fourth-order valence-electron chi connectivity index (χ4n) is 3.31. The molecule has 1 atom stereocenters. The smallest absolute Gasteiger partial charge is 0.340 e. The SMILES string of the molecule is CC1CC=C(c2nc(Cn3ccc4c(C(F)(F)F)c(C#N)ccc43)no2)C=C1Br. The van der Waals surface area contributed by atoms with Crippen LogP contribution in [0.1, 0.15) is 36.2 Å². The van der Waals surface area contributed by atoms with E-state index in [1.165, 1.54) is 24.4 Å². The van der Waals surface area contributed by atoms with Gasteiger partial charge in [0.2, 0.25) is 0 Å². The van der Waals surface area contributed by atoms with Crippen LogP contribution in [0.2, 0.25) is 0 Å². The van der Waals surface area contributed by atoms with Crippen molar-refractivity contribution in [1.82, 2.24) is 14.7 Å². The van der Waals surface area contributed by atoms with Crippen LogP contribution < -0.4 is 0 Å². The topological polar surface area (TPSA) is 67.6 Å². The monoisotopic (exact) mass is 462 g/mol. The summed E-state index contributed by atoms with van der Waals surface area (Å²) in [6.07, 6.45) is 1.68. The summed E-state index contributed by atoms with van der Waals surface area (Å²) in [6.45, 7) is 2.24. The fraction of sp³-hybridized carbons (Fsp3) is 0.250. The number of halogens is 4. The molecule has 0 bridgehead atoms. The van der Waals surface area contributed by atoms with Gasteiger partial charge in [0, 0.05) is 22.7 Å². The summed E-state index contributed by atoms with van der Waals surface area (Å²) in [7, 11) is 0. The van der Waals surface area contributed by atoms with Crippen LogP contribution in [-0.4, -0.2) is 14.7 Å². The van der Waals surface area contributed by atoms with Gasteiger partial charge in [-0.1, -0.05) is 34.1 Å². The van der Waals surface area contributed by atoms with Gasteiger partial charge in [-0.3, -0.25) is 0 Å². The van der Waals surface area contributed by atoms with Gasteiger partial charge < -0.3 is 9.09 Å². The van der Waals surface area contributed by atoms with Crippen molar-refractivity contribution >= 4 is 32.4 Å². The van der Waals surface area contributed by atoms with Gasteiger partial charge in [0.1, 0.15) is 0 Å². The van der Waals surface area contributed by atoms with Crippen LogP contribution in [0, 0.1) is 17.2 Å². The number of hydrogen-bond donors (Lipinski definition) is 0. The van der Waals surface area contributed by atoms with E-state index in [1.807, 2.05) is 12.2 Å². The summed E-state index contributed by atoms with van der Waals surface area (Å²) in [5.41, 5.74) is -0.179. The quantitative estimate of drug-likeness (QED) is 0.503. The van der Waals surface area contributed by atoms with Crippen molar-refractivity contribution in [1.29, 1.82) is 5.26 Å². The third-order valence-electron chi connectivity index (χ3n) is 4.84. The molecule has 0 radical (unpaired) electrons. The minimum absolute atomic E-state index is 0.0314. The molecule has 3 aromatic rings. The van der Waals surface area contributed by atoms with E-state index in [9.17, 15) is 13.2 Å². The maximum Gasteiger partial charge on any atom is 0.418 e. The molecule has 9 heteroatoms.